The van der Waals surface area contributed by atoms with E-state index in [1.165, 1.54) is 6.92 Å². The number of aliphatic hydroxyl groups excluding tert-OH is 7. The van der Waals surface area contributed by atoms with E-state index in [2.05, 4.69) is 12.2 Å². The van der Waals surface area contributed by atoms with E-state index in [0.29, 0.717) is 0 Å². The van der Waals surface area contributed by atoms with Crippen molar-refractivity contribution in [3.8, 4) is 0 Å². The van der Waals surface area contributed by atoms with Crippen molar-refractivity contribution in [1.82, 2.24) is 0 Å². The third-order valence-corrected chi connectivity index (χ3v) is 7.85. The molecule has 2 heterocycles. The fraction of sp³-hybridized carbons (Fsp3) is 0.909. The summed E-state index contributed by atoms with van der Waals surface area (Å²) in [5, 5.41) is 80.0. The van der Waals surface area contributed by atoms with Crippen molar-refractivity contribution in [2.24, 2.45) is 23.7 Å². The molecule has 2 saturated heterocycles. The van der Waals surface area contributed by atoms with E-state index >= 15 is 0 Å². The molecule has 9 unspecified atom stereocenters. The number of hydrogen-bond acceptors (Lipinski definition) is 12. The van der Waals surface area contributed by atoms with Crippen molar-refractivity contribution >= 4 is 0 Å². The molecule has 196 valence electrons. The Balaban J connectivity index is 1.37. The summed E-state index contributed by atoms with van der Waals surface area (Å²) in [4.78, 5) is 0. The molecule has 0 aromatic rings. The summed E-state index contributed by atoms with van der Waals surface area (Å²) in [6, 6.07) is 0. The summed E-state index contributed by atoms with van der Waals surface area (Å²) < 4.78 is 22.5. The third-order valence-electron chi connectivity index (χ3n) is 7.85. The van der Waals surface area contributed by atoms with Crippen molar-refractivity contribution in [2.75, 3.05) is 26.4 Å². The maximum Gasteiger partial charge on any atom is 0.186 e. The van der Waals surface area contributed by atoms with Gasteiger partial charge in [-0.1, -0.05) is 12.2 Å². The van der Waals surface area contributed by atoms with Gasteiger partial charge in [0, 0.05) is 0 Å². The quantitative estimate of drug-likeness (QED) is 0.155. The average molecular weight is 493 g/mol. The summed E-state index contributed by atoms with van der Waals surface area (Å²) in [6.07, 6.45) is -7.15. The Kier molecular flexibility index (Phi) is 7.99. The molecule has 0 radical (unpaired) electrons. The van der Waals surface area contributed by atoms with Crippen molar-refractivity contribution in [3.05, 3.63) is 12.2 Å². The molecular weight excluding hydrogens is 456 g/mol. The summed E-state index contributed by atoms with van der Waals surface area (Å²) >= 11 is 0. The van der Waals surface area contributed by atoms with E-state index in [0.717, 1.165) is 6.42 Å². The van der Waals surface area contributed by atoms with Gasteiger partial charge in [-0.3, -0.25) is 0 Å². The Labute approximate surface area is 196 Å². The Morgan fingerprint density at radius 2 is 1.29 bits per heavy atom. The molecule has 8 N–H and O–H groups in total. The van der Waals surface area contributed by atoms with Gasteiger partial charge >= 0.3 is 0 Å². The summed E-state index contributed by atoms with van der Waals surface area (Å²) in [5.41, 5.74) is -1.93. The van der Waals surface area contributed by atoms with E-state index in [4.69, 9.17) is 18.9 Å². The van der Waals surface area contributed by atoms with Crippen LogP contribution in [0.4, 0.5) is 0 Å². The summed E-state index contributed by atoms with van der Waals surface area (Å²) in [6.45, 7) is 0.430. The number of allylic oxidation sites excluding steroid dienone is 2. The first-order chi connectivity index (χ1) is 16.1. The van der Waals surface area contributed by atoms with Gasteiger partial charge in [-0.2, -0.15) is 0 Å². The highest BCUT2D eigenvalue weighted by molar-refractivity contribution is 5.13. The van der Waals surface area contributed by atoms with Crippen LogP contribution in [0.1, 0.15) is 13.3 Å². The molecule has 4 aliphatic rings. The lowest BCUT2D eigenvalue weighted by molar-refractivity contribution is -0.331. The van der Waals surface area contributed by atoms with Gasteiger partial charge in [0.1, 0.15) is 48.3 Å². The van der Waals surface area contributed by atoms with Gasteiger partial charge < -0.3 is 59.8 Å². The Bertz CT molecular complexity index is 716. The molecule has 14 atom stereocenters. The van der Waals surface area contributed by atoms with Crippen LogP contribution in [0.3, 0.4) is 0 Å². The highest BCUT2D eigenvalue weighted by atomic mass is 16.7. The fourth-order valence-electron chi connectivity index (χ4n) is 5.56. The molecule has 12 nitrogen and oxygen atoms in total. The predicted molar refractivity (Wildman–Crippen MR) is 112 cm³/mol. The maximum absolute atomic E-state index is 10.5. The first-order valence-electron chi connectivity index (χ1n) is 11.7. The number of fused-ring (bicyclic) bond motifs is 2. The first-order valence-corrected chi connectivity index (χ1v) is 11.7. The third kappa shape index (κ3) is 4.67. The van der Waals surface area contributed by atoms with Crippen LogP contribution in [0, 0.1) is 23.7 Å². The van der Waals surface area contributed by atoms with E-state index in [1.54, 1.807) is 0 Å². The second kappa shape index (κ2) is 10.3. The molecular formula is C22H36O12. The monoisotopic (exact) mass is 492 g/mol. The lowest BCUT2D eigenvalue weighted by Crippen LogP contribution is -2.66. The summed E-state index contributed by atoms with van der Waals surface area (Å²) in [5.74, 6) is 0.243. The number of rotatable bonds is 8. The molecule has 2 aliphatic carbocycles. The second-order valence-corrected chi connectivity index (χ2v) is 9.98. The number of hydrogen-bond donors (Lipinski definition) is 8. The van der Waals surface area contributed by atoms with Crippen molar-refractivity contribution in [2.45, 2.75) is 74.3 Å². The average Bonchev–Trinajstić information content (AvgIpc) is 3.42. The van der Waals surface area contributed by atoms with Crippen molar-refractivity contribution in [3.63, 3.8) is 0 Å². The SMILES string of the molecule is CC1(O)C(O)[C@H](OCC2C3C=CC(C3)C2CO[C@@H]2OC(CO)[C@H](O)[C@H](O)C2O)OC(CO)[C@@H]1O. The van der Waals surface area contributed by atoms with E-state index in [1.807, 2.05) is 0 Å². The molecule has 4 rings (SSSR count). The smallest absolute Gasteiger partial charge is 0.186 e. The van der Waals surface area contributed by atoms with Gasteiger partial charge in [-0.25, -0.2) is 0 Å². The summed E-state index contributed by atoms with van der Waals surface area (Å²) in [7, 11) is 0. The van der Waals surface area contributed by atoms with Gasteiger partial charge in [-0.05, 0) is 37.0 Å². The van der Waals surface area contributed by atoms with Crippen LogP contribution in [0.2, 0.25) is 0 Å². The van der Waals surface area contributed by atoms with E-state index in [-0.39, 0.29) is 36.9 Å². The van der Waals surface area contributed by atoms with Gasteiger partial charge in [0.25, 0.3) is 0 Å². The Hall–Kier alpha value is -0.740. The van der Waals surface area contributed by atoms with E-state index in [9.17, 15) is 40.9 Å². The van der Waals surface area contributed by atoms with Crippen LogP contribution in [0.25, 0.3) is 0 Å². The molecule has 1 saturated carbocycles. The van der Waals surface area contributed by atoms with Crippen LogP contribution in [0.15, 0.2) is 12.2 Å². The van der Waals surface area contributed by atoms with Crippen molar-refractivity contribution < 1.29 is 59.8 Å². The van der Waals surface area contributed by atoms with Crippen LogP contribution in [-0.4, -0.2) is 128 Å². The lowest BCUT2D eigenvalue weighted by atomic mass is 9.83. The first kappa shape index (κ1) is 26.3. The maximum atomic E-state index is 10.5. The number of aliphatic hydroxyl groups is 8. The molecule has 34 heavy (non-hydrogen) atoms. The molecule has 0 aromatic heterocycles. The Morgan fingerprint density at radius 1 is 0.765 bits per heavy atom. The minimum absolute atomic E-state index is 0.0529. The standard InChI is InChI=1S/C22H36O12/c1-22(30)18(28)14(6-24)34-21(19(22)29)32-8-12-10-3-2-9(4-10)11(12)7-31-20-17(27)16(26)15(25)13(5-23)33-20/h2-3,9-21,23-30H,4-8H2,1H3/t9?,10?,11?,12?,13?,14?,15-,16-,17?,18-,19?,20+,21+,22?/m0/s1. The molecule has 0 amide bonds. The van der Waals surface area contributed by atoms with Gasteiger partial charge in [-0.15, -0.1) is 0 Å². The van der Waals surface area contributed by atoms with E-state index < -0.39 is 74.1 Å². The van der Waals surface area contributed by atoms with Gasteiger partial charge in [0.05, 0.1) is 26.4 Å². The molecule has 3 fully saturated rings. The molecule has 12 heteroatoms. The minimum Gasteiger partial charge on any atom is -0.394 e. The number of ether oxygens (including phenoxy) is 4. The molecule has 0 aromatic carbocycles. The second-order valence-electron chi connectivity index (χ2n) is 9.98. The zero-order valence-corrected chi connectivity index (χ0v) is 18.9. The van der Waals surface area contributed by atoms with Crippen molar-refractivity contribution in [1.29, 1.82) is 0 Å². The fourth-order valence-corrected chi connectivity index (χ4v) is 5.56. The van der Waals surface area contributed by atoms with Crippen LogP contribution in [0.5, 0.6) is 0 Å². The van der Waals surface area contributed by atoms with Crippen LogP contribution in [-0.2, 0) is 18.9 Å². The predicted octanol–water partition coefficient (Wildman–Crippen LogP) is -3.55. The van der Waals surface area contributed by atoms with Gasteiger partial charge in [0.2, 0.25) is 0 Å². The lowest BCUT2D eigenvalue weighted by Gasteiger charge is -2.46. The topological polar surface area (TPSA) is 199 Å². The normalized spacial score (nSPS) is 52.9. The van der Waals surface area contributed by atoms with Crippen LogP contribution < -0.4 is 0 Å². The minimum atomic E-state index is -1.93. The highest BCUT2D eigenvalue weighted by Crippen LogP contribution is 2.48. The van der Waals surface area contributed by atoms with Crippen LogP contribution >= 0.6 is 0 Å². The molecule has 2 aliphatic heterocycles. The Morgan fingerprint density at radius 3 is 1.85 bits per heavy atom. The zero-order chi connectivity index (χ0) is 24.8. The zero-order valence-electron chi connectivity index (χ0n) is 18.9. The molecule has 0 spiro atoms. The molecule has 2 bridgehead atoms. The highest BCUT2D eigenvalue weighted by Gasteiger charge is 2.53. The van der Waals surface area contributed by atoms with Gasteiger partial charge in [0.15, 0.2) is 12.6 Å². The largest absolute Gasteiger partial charge is 0.394 e.